The van der Waals surface area contributed by atoms with Gasteiger partial charge in [0.25, 0.3) is 0 Å². The third-order valence-electron chi connectivity index (χ3n) is 2.21. The van der Waals surface area contributed by atoms with Crippen molar-refractivity contribution in [1.82, 2.24) is 10.6 Å². The Kier molecular flexibility index (Phi) is 5.90. The number of carbonyl (C=O) groups is 1. The second-order valence-electron chi connectivity index (χ2n) is 3.55. The highest BCUT2D eigenvalue weighted by Crippen LogP contribution is 2.06. The first-order valence-corrected chi connectivity index (χ1v) is 5.90. The van der Waals surface area contributed by atoms with Crippen LogP contribution in [0.4, 0.5) is 0 Å². The van der Waals surface area contributed by atoms with Crippen LogP contribution in [0, 0.1) is 0 Å². The van der Waals surface area contributed by atoms with E-state index < -0.39 is 0 Å². The minimum Gasteiger partial charge on any atom is -0.368 e. The molecule has 86 valence electrons. The Balaban J connectivity index is 2.07. The van der Waals surface area contributed by atoms with E-state index in [2.05, 4.69) is 33.1 Å². The van der Waals surface area contributed by atoms with Crippen LogP contribution in [0.25, 0.3) is 0 Å². The lowest BCUT2D eigenvalue weighted by Crippen LogP contribution is -2.36. The molecule has 1 saturated heterocycles. The maximum absolute atomic E-state index is 11.3. The van der Waals surface area contributed by atoms with E-state index in [-0.39, 0.29) is 18.6 Å². The standard InChI is InChI=1S/C10H17BrN2O2/c1-8(11)6-13-10(14)7-15-9-2-4-12-5-3-9/h9,12H,1-7H2,(H,13,14). The number of nitrogens with one attached hydrogen (secondary N) is 2. The molecule has 5 heteroatoms. The summed E-state index contributed by atoms with van der Waals surface area (Å²) in [5.41, 5.74) is 0. The van der Waals surface area contributed by atoms with Crippen molar-refractivity contribution in [3.05, 3.63) is 11.1 Å². The fourth-order valence-electron chi connectivity index (χ4n) is 1.40. The van der Waals surface area contributed by atoms with Gasteiger partial charge < -0.3 is 15.4 Å². The summed E-state index contributed by atoms with van der Waals surface area (Å²) in [4.78, 5) is 11.3. The minimum atomic E-state index is -0.0888. The topological polar surface area (TPSA) is 50.4 Å². The van der Waals surface area contributed by atoms with Gasteiger partial charge in [-0.2, -0.15) is 0 Å². The number of piperidine rings is 1. The van der Waals surface area contributed by atoms with Crippen LogP contribution in [0.3, 0.4) is 0 Å². The molecular weight excluding hydrogens is 260 g/mol. The molecule has 0 bridgehead atoms. The molecule has 0 aliphatic carbocycles. The van der Waals surface area contributed by atoms with Gasteiger partial charge in [0.05, 0.1) is 6.10 Å². The molecule has 0 aromatic rings. The van der Waals surface area contributed by atoms with E-state index in [4.69, 9.17) is 4.74 Å². The van der Waals surface area contributed by atoms with Gasteiger partial charge in [-0.05, 0) is 25.9 Å². The Hall–Kier alpha value is -0.390. The number of rotatable bonds is 5. The number of ether oxygens (including phenoxy) is 1. The Bertz CT molecular complexity index is 227. The van der Waals surface area contributed by atoms with E-state index in [1.807, 2.05) is 0 Å². The summed E-state index contributed by atoms with van der Waals surface area (Å²) >= 11 is 3.17. The number of hydrogen-bond donors (Lipinski definition) is 2. The summed E-state index contributed by atoms with van der Waals surface area (Å²) in [6.45, 7) is 6.18. The highest BCUT2D eigenvalue weighted by atomic mass is 79.9. The fraction of sp³-hybridized carbons (Fsp3) is 0.700. The highest BCUT2D eigenvalue weighted by molar-refractivity contribution is 9.11. The Morgan fingerprint density at radius 1 is 1.53 bits per heavy atom. The van der Waals surface area contributed by atoms with Gasteiger partial charge in [-0.15, -0.1) is 0 Å². The van der Waals surface area contributed by atoms with Crippen LogP contribution in [0.5, 0.6) is 0 Å². The molecule has 0 unspecified atom stereocenters. The van der Waals surface area contributed by atoms with Crippen molar-refractivity contribution in [3.8, 4) is 0 Å². The van der Waals surface area contributed by atoms with Crippen LogP contribution in [0.15, 0.2) is 11.1 Å². The van der Waals surface area contributed by atoms with Crippen molar-refractivity contribution >= 4 is 21.8 Å². The summed E-state index contributed by atoms with van der Waals surface area (Å²) in [6, 6.07) is 0. The number of carbonyl (C=O) groups excluding carboxylic acids is 1. The fourth-order valence-corrected chi connectivity index (χ4v) is 1.54. The second kappa shape index (κ2) is 6.98. The summed E-state index contributed by atoms with van der Waals surface area (Å²) in [5.74, 6) is -0.0888. The number of amides is 1. The molecule has 1 fully saturated rings. The average Bonchev–Trinajstić information content (AvgIpc) is 2.25. The molecule has 0 aromatic carbocycles. The van der Waals surface area contributed by atoms with Crippen LogP contribution in [0.1, 0.15) is 12.8 Å². The molecule has 0 atom stereocenters. The highest BCUT2D eigenvalue weighted by Gasteiger charge is 2.14. The summed E-state index contributed by atoms with van der Waals surface area (Å²) < 4.78 is 6.24. The van der Waals surface area contributed by atoms with Gasteiger partial charge in [0.2, 0.25) is 5.91 Å². The van der Waals surface area contributed by atoms with Gasteiger partial charge in [-0.25, -0.2) is 0 Å². The smallest absolute Gasteiger partial charge is 0.246 e. The molecule has 1 rings (SSSR count). The number of hydrogen-bond acceptors (Lipinski definition) is 3. The minimum absolute atomic E-state index is 0.0888. The molecule has 1 aliphatic heterocycles. The van der Waals surface area contributed by atoms with Gasteiger partial charge in [0.1, 0.15) is 6.61 Å². The van der Waals surface area contributed by atoms with Gasteiger partial charge in [0.15, 0.2) is 0 Å². The zero-order valence-electron chi connectivity index (χ0n) is 8.72. The van der Waals surface area contributed by atoms with E-state index in [0.717, 1.165) is 30.4 Å². The summed E-state index contributed by atoms with van der Waals surface area (Å²) in [5, 5.41) is 5.94. The first-order chi connectivity index (χ1) is 7.18. The summed E-state index contributed by atoms with van der Waals surface area (Å²) in [6.07, 6.45) is 2.20. The second-order valence-corrected chi connectivity index (χ2v) is 4.68. The van der Waals surface area contributed by atoms with Crippen molar-refractivity contribution in [3.63, 3.8) is 0 Å². The van der Waals surface area contributed by atoms with Crippen molar-refractivity contribution in [2.24, 2.45) is 0 Å². The normalized spacial score (nSPS) is 17.4. The van der Waals surface area contributed by atoms with E-state index in [1.54, 1.807) is 0 Å². The lowest BCUT2D eigenvalue weighted by atomic mass is 10.1. The van der Waals surface area contributed by atoms with Crippen LogP contribution in [0.2, 0.25) is 0 Å². The molecule has 4 nitrogen and oxygen atoms in total. The monoisotopic (exact) mass is 276 g/mol. The molecular formula is C10H17BrN2O2. The quantitative estimate of drug-likeness (QED) is 0.781. The number of halogens is 1. The van der Waals surface area contributed by atoms with E-state index in [9.17, 15) is 4.79 Å². The van der Waals surface area contributed by atoms with Gasteiger partial charge in [-0.1, -0.05) is 22.5 Å². The molecule has 1 heterocycles. The first kappa shape index (κ1) is 12.7. The summed E-state index contributed by atoms with van der Waals surface area (Å²) in [7, 11) is 0. The van der Waals surface area contributed by atoms with E-state index >= 15 is 0 Å². The molecule has 15 heavy (non-hydrogen) atoms. The van der Waals surface area contributed by atoms with Crippen LogP contribution < -0.4 is 10.6 Å². The van der Waals surface area contributed by atoms with Crippen LogP contribution >= 0.6 is 15.9 Å². The molecule has 2 N–H and O–H groups in total. The molecule has 0 saturated carbocycles. The lowest BCUT2D eigenvalue weighted by Gasteiger charge is -2.22. The predicted octanol–water partition coefficient (Wildman–Crippen LogP) is 0.780. The maximum atomic E-state index is 11.3. The average molecular weight is 277 g/mol. The zero-order valence-corrected chi connectivity index (χ0v) is 10.3. The maximum Gasteiger partial charge on any atom is 0.246 e. The Labute approximate surface area is 98.6 Å². The predicted molar refractivity (Wildman–Crippen MR) is 62.9 cm³/mol. The van der Waals surface area contributed by atoms with Crippen LogP contribution in [-0.2, 0) is 9.53 Å². The Morgan fingerprint density at radius 2 is 2.20 bits per heavy atom. The van der Waals surface area contributed by atoms with Crippen LogP contribution in [-0.4, -0.2) is 38.3 Å². The van der Waals surface area contributed by atoms with E-state index in [1.165, 1.54) is 0 Å². The molecule has 1 amide bonds. The third kappa shape index (κ3) is 5.92. The van der Waals surface area contributed by atoms with Gasteiger partial charge in [-0.3, -0.25) is 4.79 Å². The van der Waals surface area contributed by atoms with E-state index in [0.29, 0.717) is 6.54 Å². The third-order valence-corrected chi connectivity index (χ3v) is 2.49. The largest absolute Gasteiger partial charge is 0.368 e. The van der Waals surface area contributed by atoms with Crippen molar-refractivity contribution in [2.45, 2.75) is 18.9 Å². The lowest BCUT2D eigenvalue weighted by molar-refractivity contribution is -0.128. The van der Waals surface area contributed by atoms with Gasteiger partial charge >= 0.3 is 0 Å². The molecule has 0 spiro atoms. The first-order valence-electron chi connectivity index (χ1n) is 5.11. The van der Waals surface area contributed by atoms with Crippen molar-refractivity contribution < 1.29 is 9.53 Å². The molecule has 0 radical (unpaired) electrons. The van der Waals surface area contributed by atoms with Gasteiger partial charge in [0, 0.05) is 11.0 Å². The van der Waals surface area contributed by atoms with Crippen molar-refractivity contribution in [2.75, 3.05) is 26.2 Å². The SMILES string of the molecule is C=C(Br)CNC(=O)COC1CCNCC1. The van der Waals surface area contributed by atoms with Crippen molar-refractivity contribution in [1.29, 1.82) is 0 Å². The molecule has 1 aliphatic rings. The molecule has 0 aromatic heterocycles. The zero-order chi connectivity index (χ0) is 11.1. The Morgan fingerprint density at radius 3 is 2.80 bits per heavy atom.